The summed E-state index contributed by atoms with van der Waals surface area (Å²) in [4.78, 5) is 15.8. The second-order valence-corrected chi connectivity index (χ2v) is 4.94. The first-order valence-corrected chi connectivity index (χ1v) is 6.24. The molecule has 0 unspecified atom stereocenters. The third-order valence-electron chi connectivity index (χ3n) is 3.36. The molecule has 0 saturated carbocycles. The number of nitrogen functional groups attached to an aromatic ring is 1. The minimum absolute atomic E-state index is 0.112. The molecule has 0 radical (unpaired) electrons. The van der Waals surface area contributed by atoms with Crippen LogP contribution in [0.3, 0.4) is 0 Å². The number of aromatic nitrogens is 1. The molecule has 1 saturated heterocycles. The molecule has 6 heteroatoms. The van der Waals surface area contributed by atoms with E-state index in [2.05, 4.69) is 17.2 Å². The van der Waals surface area contributed by atoms with Crippen LogP contribution in [0.4, 0.5) is 11.5 Å². The van der Waals surface area contributed by atoms with E-state index in [1.54, 1.807) is 6.20 Å². The number of nitrogens with one attached hydrogen (secondary N) is 1. The van der Waals surface area contributed by atoms with Gasteiger partial charge in [-0.3, -0.25) is 0 Å². The molecule has 1 fully saturated rings. The fraction of sp³-hybridized carbons (Fsp3) is 0.538. The summed E-state index contributed by atoms with van der Waals surface area (Å²) in [5.74, 6) is -0.129. The normalized spacial score (nSPS) is 17.8. The molecule has 0 aliphatic carbocycles. The Morgan fingerprint density at radius 1 is 1.53 bits per heavy atom. The smallest absolute Gasteiger partial charge is 0.340 e. The maximum atomic E-state index is 11.8. The first kappa shape index (κ1) is 13.6. The van der Waals surface area contributed by atoms with E-state index in [9.17, 15) is 4.79 Å². The van der Waals surface area contributed by atoms with Crippen molar-refractivity contribution in [2.24, 2.45) is 0 Å². The van der Waals surface area contributed by atoms with Crippen LogP contribution >= 0.6 is 0 Å². The molecule has 1 aliphatic heterocycles. The Kier molecular flexibility index (Phi) is 3.90. The second kappa shape index (κ2) is 5.44. The topological polar surface area (TPSA) is 86.5 Å². The number of hydrogen-bond donors (Lipinski definition) is 2. The van der Waals surface area contributed by atoms with Crippen LogP contribution in [0.25, 0.3) is 0 Å². The number of carbonyl (C=O) groups excluding carboxylic acids is 1. The van der Waals surface area contributed by atoms with Crippen molar-refractivity contribution in [2.45, 2.75) is 25.3 Å². The number of nitrogens with two attached hydrogens (primary N) is 1. The maximum Gasteiger partial charge on any atom is 0.340 e. The summed E-state index contributed by atoms with van der Waals surface area (Å²) in [7, 11) is 1.35. The Bertz CT molecular complexity index is 470. The zero-order chi connectivity index (χ0) is 13.9. The third kappa shape index (κ3) is 3.14. The third-order valence-corrected chi connectivity index (χ3v) is 3.36. The first-order chi connectivity index (χ1) is 9.04. The van der Waals surface area contributed by atoms with Crippen molar-refractivity contribution in [1.29, 1.82) is 0 Å². The van der Waals surface area contributed by atoms with Crippen molar-refractivity contribution in [3.8, 4) is 0 Å². The van der Waals surface area contributed by atoms with Gasteiger partial charge < -0.3 is 20.5 Å². The molecular formula is C13H19N3O3. The number of carbonyl (C=O) groups is 1. The summed E-state index contributed by atoms with van der Waals surface area (Å²) < 4.78 is 10.1. The Hall–Kier alpha value is -1.82. The molecule has 2 rings (SSSR count). The van der Waals surface area contributed by atoms with E-state index < -0.39 is 5.97 Å². The molecule has 2 heterocycles. The molecule has 0 amide bonds. The average Bonchev–Trinajstić information content (AvgIpc) is 2.40. The van der Waals surface area contributed by atoms with E-state index in [0.717, 1.165) is 12.8 Å². The number of pyridine rings is 1. The van der Waals surface area contributed by atoms with Crippen molar-refractivity contribution in [2.75, 3.05) is 31.4 Å². The summed E-state index contributed by atoms with van der Waals surface area (Å²) >= 11 is 0. The van der Waals surface area contributed by atoms with Gasteiger partial charge in [0.05, 0.1) is 24.6 Å². The lowest BCUT2D eigenvalue weighted by molar-refractivity contribution is 0.0599. The van der Waals surface area contributed by atoms with Gasteiger partial charge >= 0.3 is 5.97 Å². The van der Waals surface area contributed by atoms with E-state index in [1.165, 1.54) is 13.2 Å². The highest BCUT2D eigenvalue weighted by atomic mass is 16.5. The largest absolute Gasteiger partial charge is 0.465 e. The van der Waals surface area contributed by atoms with Gasteiger partial charge in [0.15, 0.2) is 0 Å². The van der Waals surface area contributed by atoms with Crippen molar-refractivity contribution < 1.29 is 14.3 Å². The maximum absolute atomic E-state index is 11.8. The number of hydrogen-bond acceptors (Lipinski definition) is 6. The predicted octanol–water partition coefficient (Wildman–Crippen LogP) is 1.43. The van der Waals surface area contributed by atoms with Gasteiger partial charge in [-0.25, -0.2) is 9.78 Å². The summed E-state index contributed by atoms with van der Waals surface area (Å²) in [5, 5.41) is 3.37. The minimum Gasteiger partial charge on any atom is -0.465 e. The molecule has 1 aliphatic rings. The quantitative estimate of drug-likeness (QED) is 0.804. The lowest BCUT2D eigenvalue weighted by atomic mass is 9.92. The summed E-state index contributed by atoms with van der Waals surface area (Å²) in [6, 6.07) is 1.52. The highest BCUT2D eigenvalue weighted by Gasteiger charge is 2.28. The molecule has 1 aromatic rings. The zero-order valence-electron chi connectivity index (χ0n) is 11.2. The van der Waals surface area contributed by atoms with E-state index >= 15 is 0 Å². The van der Waals surface area contributed by atoms with Crippen LogP contribution < -0.4 is 11.1 Å². The number of anilines is 2. The summed E-state index contributed by atoms with van der Waals surface area (Å²) in [5.41, 5.74) is 6.56. The van der Waals surface area contributed by atoms with Crippen molar-refractivity contribution >= 4 is 17.5 Å². The Morgan fingerprint density at radius 3 is 2.84 bits per heavy atom. The van der Waals surface area contributed by atoms with Crippen LogP contribution in [-0.4, -0.2) is 36.8 Å². The number of nitrogens with zero attached hydrogens (tertiary/aromatic N) is 1. The van der Waals surface area contributed by atoms with Crippen LogP contribution in [0.5, 0.6) is 0 Å². The second-order valence-electron chi connectivity index (χ2n) is 4.94. The van der Waals surface area contributed by atoms with Gasteiger partial charge in [0, 0.05) is 18.8 Å². The monoisotopic (exact) mass is 265 g/mol. The van der Waals surface area contributed by atoms with Crippen molar-refractivity contribution in [3.05, 3.63) is 17.8 Å². The molecule has 104 valence electrons. The molecule has 6 nitrogen and oxygen atoms in total. The van der Waals surface area contributed by atoms with Crippen LogP contribution in [0, 0.1) is 0 Å². The molecular weight excluding hydrogens is 246 g/mol. The highest BCUT2D eigenvalue weighted by molar-refractivity contribution is 5.96. The van der Waals surface area contributed by atoms with Gasteiger partial charge in [-0.05, 0) is 25.8 Å². The fourth-order valence-corrected chi connectivity index (χ4v) is 2.12. The van der Waals surface area contributed by atoms with Gasteiger partial charge in [-0.1, -0.05) is 0 Å². The standard InChI is InChI=1S/C13H19N3O3/c1-13(3-5-19-6-4-13)16-10-8-15-11(14)7-9(10)12(17)18-2/h7-8,16H,3-6H2,1-2H3,(H2,14,15). The van der Waals surface area contributed by atoms with Crippen molar-refractivity contribution in [1.82, 2.24) is 4.98 Å². The lowest BCUT2D eigenvalue weighted by Gasteiger charge is -2.35. The SMILES string of the molecule is COC(=O)c1cc(N)ncc1NC1(C)CCOCC1. The molecule has 19 heavy (non-hydrogen) atoms. The first-order valence-electron chi connectivity index (χ1n) is 6.24. The zero-order valence-corrected chi connectivity index (χ0v) is 11.2. The molecule has 0 atom stereocenters. The van der Waals surface area contributed by atoms with E-state index in [-0.39, 0.29) is 5.54 Å². The molecule has 0 bridgehead atoms. The fourth-order valence-electron chi connectivity index (χ4n) is 2.12. The Morgan fingerprint density at radius 2 is 2.21 bits per heavy atom. The molecule has 1 aromatic heterocycles. The molecule has 0 spiro atoms. The van der Waals surface area contributed by atoms with Crippen LogP contribution in [0.1, 0.15) is 30.1 Å². The summed E-state index contributed by atoms with van der Waals surface area (Å²) in [6.07, 6.45) is 3.32. The van der Waals surface area contributed by atoms with Crippen LogP contribution in [-0.2, 0) is 9.47 Å². The van der Waals surface area contributed by atoms with Gasteiger partial charge in [0.25, 0.3) is 0 Å². The number of methoxy groups -OCH3 is 1. The number of ether oxygens (including phenoxy) is 2. The average molecular weight is 265 g/mol. The molecule has 0 aromatic carbocycles. The summed E-state index contributed by atoms with van der Waals surface area (Å²) in [6.45, 7) is 3.52. The highest BCUT2D eigenvalue weighted by Crippen LogP contribution is 2.28. The predicted molar refractivity (Wildman–Crippen MR) is 72.1 cm³/mol. The van der Waals surface area contributed by atoms with Crippen LogP contribution in [0.2, 0.25) is 0 Å². The van der Waals surface area contributed by atoms with E-state index in [4.69, 9.17) is 15.2 Å². The van der Waals surface area contributed by atoms with Gasteiger partial charge in [0.1, 0.15) is 5.82 Å². The number of esters is 1. The van der Waals surface area contributed by atoms with Crippen molar-refractivity contribution in [3.63, 3.8) is 0 Å². The van der Waals surface area contributed by atoms with E-state index in [1.807, 2.05) is 0 Å². The van der Waals surface area contributed by atoms with Gasteiger partial charge in [-0.15, -0.1) is 0 Å². The Balaban J connectivity index is 2.26. The Labute approximate surface area is 112 Å². The number of rotatable bonds is 3. The van der Waals surface area contributed by atoms with E-state index in [0.29, 0.717) is 30.3 Å². The van der Waals surface area contributed by atoms with Crippen LogP contribution in [0.15, 0.2) is 12.3 Å². The molecule has 3 N–H and O–H groups in total. The lowest BCUT2D eigenvalue weighted by Crippen LogP contribution is -2.41. The van der Waals surface area contributed by atoms with Gasteiger partial charge in [0.2, 0.25) is 0 Å². The minimum atomic E-state index is -0.424. The van der Waals surface area contributed by atoms with Gasteiger partial charge in [-0.2, -0.15) is 0 Å².